The molecule has 0 aliphatic carbocycles. The van der Waals surface area contributed by atoms with Gasteiger partial charge in [-0.1, -0.05) is 6.67 Å². The van der Waals surface area contributed by atoms with Crippen LogP contribution in [0.25, 0.3) is 0 Å². The van der Waals surface area contributed by atoms with E-state index in [0.29, 0.717) is 0 Å². The molecule has 0 bridgehead atoms. The fourth-order valence-corrected chi connectivity index (χ4v) is 0. The van der Waals surface area contributed by atoms with Crippen molar-refractivity contribution in [2.24, 2.45) is 0 Å². The molecular weight excluding hydrogens is 206 g/mol. The van der Waals surface area contributed by atoms with Crippen LogP contribution < -0.4 is 0 Å². The van der Waals surface area contributed by atoms with E-state index in [2.05, 4.69) is 0 Å². The molecule has 0 saturated carbocycles. The molecule has 0 nitrogen and oxygen atoms in total. The van der Waals surface area contributed by atoms with Crippen molar-refractivity contribution in [3.63, 3.8) is 0 Å². The average molecular weight is 207 g/mol. The Morgan fingerprint density at radius 1 is 1.14 bits per heavy atom. The van der Waals surface area contributed by atoms with Gasteiger partial charge in [-0.2, -0.15) is 0 Å². The van der Waals surface area contributed by atoms with Gasteiger partial charge < -0.3 is 4.39 Å². The minimum Gasteiger partial charge on any atom is -0.451 e. The van der Waals surface area contributed by atoms with Crippen LogP contribution in [0.3, 0.4) is 0 Å². The first-order valence-corrected chi connectivity index (χ1v) is 1.07. The van der Waals surface area contributed by atoms with E-state index in [9.17, 15) is 17.6 Å². The van der Waals surface area contributed by atoms with Crippen LogP contribution in [-0.2, 0) is 20.4 Å². The third-order valence-electron chi connectivity index (χ3n) is 0.124. The number of alkyl halides is 3. The van der Waals surface area contributed by atoms with Crippen LogP contribution in [0.2, 0.25) is 0 Å². The first-order chi connectivity index (χ1) is 2.56. The van der Waals surface area contributed by atoms with Crippen LogP contribution in [0, 0.1) is 6.67 Å². The van der Waals surface area contributed by atoms with Crippen molar-refractivity contribution in [2.45, 2.75) is 6.18 Å². The third-order valence-corrected chi connectivity index (χ3v) is 0.124. The second-order valence-electron chi connectivity index (χ2n) is 0.651. The molecule has 0 rings (SSSR count). The van der Waals surface area contributed by atoms with Gasteiger partial charge >= 0.3 is 0 Å². The Balaban J connectivity index is 0. The molecule has 0 saturated heterocycles. The van der Waals surface area contributed by atoms with Gasteiger partial charge in [0.15, 0.2) is 0 Å². The van der Waals surface area contributed by atoms with Crippen LogP contribution in [0.1, 0.15) is 0 Å². The largest absolute Gasteiger partial charge is 0.451 e. The summed E-state index contributed by atoms with van der Waals surface area (Å²) < 4.78 is 41.3. The van der Waals surface area contributed by atoms with Crippen molar-refractivity contribution >= 4 is 0 Å². The van der Waals surface area contributed by atoms with E-state index in [1.165, 1.54) is 0 Å². The Labute approximate surface area is 51.5 Å². The van der Waals surface area contributed by atoms with Crippen molar-refractivity contribution in [3.8, 4) is 0 Å². The number of hydrogen-bond donors (Lipinski definition) is 0. The summed E-state index contributed by atoms with van der Waals surface area (Å²) in [6.45, 7) is -1.31. The molecule has 0 radical (unpaired) electrons. The molecule has 0 N–H and O–H groups in total. The first-order valence-electron chi connectivity index (χ1n) is 1.07. The van der Waals surface area contributed by atoms with Gasteiger partial charge in [0.2, 0.25) is 0 Å². The summed E-state index contributed by atoms with van der Waals surface area (Å²) in [7, 11) is 0. The topological polar surface area (TPSA) is 0 Å². The van der Waals surface area contributed by atoms with Gasteiger partial charge in [-0.3, -0.25) is 0 Å². The molecule has 5 heteroatoms. The predicted octanol–water partition coefficient (Wildman–Crippen LogP) is 1.68. The van der Waals surface area contributed by atoms with Gasteiger partial charge in [-0.05, 0) is 0 Å². The molecule has 0 aliphatic heterocycles. The van der Waals surface area contributed by atoms with E-state index < -0.39 is 12.9 Å². The molecule has 0 atom stereocenters. The SMILES string of the molecule is F[CH-]C(F)(F)F.[Pd]. The molecule has 0 fully saturated rings. The quantitative estimate of drug-likeness (QED) is 0.322. The standard InChI is InChI=1S/C2HF4.Pd/c3-1-2(4,5)6;/h1H;/q-1;. The Morgan fingerprint density at radius 2 is 1.29 bits per heavy atom. The van der Waals surface area contributed by atoms with E-state index in [0.717, 1.165) is 0 Å². The first kappa shape index (κ1) is 10.4. The summed E-state index contributed by atoms with van der Waals surface area (Å²) in [5, 5.41) is 0. The molecular formula is C2HF4Pd-. The number of hydrogen-bond acceptors (Lipinski definition) is 0. The summed E-state index contributed by atoms with van der Waals surface area (Å²) in [6.07, 6.45) is -4.75. The fraction of sp³-hybridized carbons (Fsp3) is 0.500. The van der Waals surface area contributed by atoms with Crippen LogP contribution in [0.5, 0.6) is 0 Å². The maximum Gasteiger partial charge on any atom is 0.296 e. The van der Waals surface area contributed by atoms with Crippen LogP contribution in [0.4, 0.5) is 17.6 Å². The molecule has 0 aromatic rings. The van der Waals surface area contributed by atoms with Crippen LogP contribution in [0.15, 0.2) is 0 Å². The number of rotatable bonds is 0. The predicted molar refractivity (Wildman–Crippen MR) is 11.5 cm³/mol. The van der Waals surface area contributed by atoms with E-state index >= 15 is 0 Å². The van der Waals surface area contributed by atoms with Crippen molar-refractivity contribution in [2.75, 3.05) is 0 Å². The molecule has 0 aromatic carbocycles. The second kappa shape index (κ2) is 3.39. The zero-order valence-electron chi connectivity index (χ0n) is 2.91. The van der Waals surface area contributed by atoms with Gasteiger partial charge in [0.1, 0.15) is 0 Å². The summed E-state index contributed by atoms with van der Waals surface area (Å²) >= 11 is 0. The molecule has 7 heavy (non-hydrogen) atoms. The van der Waals surface area contributed by atoms with E-state index in [1.807, 2.05) is 0 Å². The minimum atomic E-state index is -4.75. The van der Waals surface area contributed by atoms with Crippen LogP contribution >= 0.6 is 0 Å². The Hall–Kier alpha value is 0.382. The fourth-order valence-electron chi connectivity index (χ4n) is 0. The van der Waals surface area contributed by atoms with Crippen molar-refractivity contribution in [1.82, 2.24) is 0 Å². The molecule has 0 aliphatic rings. The summed E-state index contributed by atoms with van der Waals surface area (Å²) in [5.74, 6) is 0. The van der Waals surface area contributed by atoms with Gasteiger partial charge in [0.05, 0.1) is 0 Å². The zero-order chi connectivity index (χ0) is 5.21. The molecule has 0 heterocycles. The molecule has 0 aromatic heterocycles. The van der Waals surface area contributed by atoms with E-state index in [1.54, 1.807) is 0 Å². The normalized spacial score (nSPS) is 10.3. The van der Waals surface area contributed by atoms with Gasteiger partial charge in [0.25, 0.3) is 6.18 Å². The minimum absolute atomic E-state index is 0. The molecule has 48 valence electrons. The monoisotopic (exact) mass is 207 g/mol. The van der Waals surface area contributed by atoms with Crippen molar-refractivity contribution < 1.29 is 38.0 Å². The van der Waals surface area contributed by atoms with Crippen molar-refractivity contribution in [1.29, 1.82) is 0 Å². The Bertz CT molecular complexity index is 39.4. The Kier molecular flexibility index (Phi) is 5.03. The molecule has 0 amide bonds. The zero-order valence-corrected chi connectivity index (χ0v) is 4.46. The summed E-state index contributed by atoms with van der Waals surface area (Å²) in [5.41, 5.74) is 0. The summed E-state index contributed by atoms with van der Waals surface area (Å²) in [6, 6.07) is 0. The van der Waals surface area contributed by atoms with Crippen LogP contribution in [-0.4, -0.2) is 6.18 Å². The molecule has 0 unspecified atom stereocenters. The third kappa shape index (κ3) is 10.7. The van der Waals surface area contributed by atoms with Crippen molar-refractivity contribution in [3.05, 3.63) is 6.67 Å². The van der Waals surface area contributed by atoms with Gasteiger partial charge in [-0.15, -0.1) is 0 Å². The average Bonchev–Trinajstić information content (AvgIpc) is 1.35. The van der Waals surface area contributed by atoms with Gasteiger partial charge in [0, 0.05) is 20.4 Å². The van der Waals surface area contributed by atoms with E-state index in [4.69, 9.17) is 0 Å². The number of halogens is 4. The molecule has 0 spiro atoms. The smallest absolute Gasteiger partial charge is 0.296 e. The Morgan fingerprint density at radius 3 is 1.29 bits per heavy atom. The summed E-state index contributed by atoms with van der Waals surface area (Å²) in [4.78, 5) is 0. The maximum atomic E-state index is 10.4. The second-order valence-corrected chi connectivity index (χ2v) is 0.651. The van der Waals surface area contributed by atoms with E-state index in [-0.39, 0.29) is 20.4 Å². The maximum absolute atomic E-state index is 10.4. The van der Waals surface area contributed by atoms with Gasteiger partial charge in [-0.25, -0.2) is 13.2 Å².